The average molecular weight is 378 g/mol. The van der Waals surface area contributed by atoms with Gasteiger partial charge < -0.3 is 10.3 Å². The molecule has 2 N–H and O–H groups in total. The second kappa shape index (κ2) is 4.93. The number of hydrogen-bond donors (Lipinski definition) is 2. The summed E-state index contributed by atoms with van der Waals surface area (Å²) in [6.45, 7) is 0. The maximum Gasteiger partial charge on any atom is 0.237 e. The highest BCUT2D eigenvalue weighted by molar-refractivity contribution is 6.33. The minimum Gasteiger partial charge on any atom is -0.375 e. The zero-order chi connectivity index (χ0) is 18.4. The van der Waals surface area contributed by atoms with E-state index in [4.69, 9.17) is 11.6 Å². The van der Waals surface area contributed by atoms with Crippen LogP contribution in [0.5, 0.6) is 0 Å². The molecule has 2 amide bonds. The van der Waals surface area contributed by atoms with Crippen LogP contribution in [0.2, 0.25) is 5.02 Å². The summed E-state index contributed by atoms with van der Waals surface area (Å²) in [7, 11) is 1.59. The largest absolute Gasteiger partial charge is 0.375 e. The number of carbonyl (C=O) groups excluding carboxylic acids is 2. The number of likely N-dealkylation sites (tertiary alicyclic amines) is 1. The lowest BCUT2D eigenvalue weighted by Crippen LogP contribution is -2.33. The summed E-state index contributed by atoms with van der Waals surface area (Å²) in [5, 5.41) is 5.19. The van der Waals surface area contributed by atoms with Crippen molar-refractivity contribution in [1.82, 2.24) is 9.88 Å². The molecule has 0 saturated carbocycles. The summed E-state index contributed by atoms with van der Waals surface area (Å²) >= 11 is 6.44. The molecule has 0 bridgehead atoms. The predicted octanol–water partition coefficient (Wildman–Crippen LogP) is 3.78. The third kappa shape index (κ3) is 1.71. The predicted molar refractivity (Wildman–Crippen MR) is 103 cm³/mol. The molecule has 27 heavy (non-hydrogen) atoms. The van der Waals surface area contributed by atoms with E-state index in [1.54, 1.807) is 7.05 Å². The number of aromatic nitrogens is 1. The van der Waals surface area contributed by atoms with E-state index in [1.807, 2.05) is 42.5 Å². The Morgan fingerprint density at radius 3 is 2.67 bits per heavy atom. The molecular formula is C21H16ClN3O2. The standard InChI is InChI=1S/C21H16ClN3O2/c1-25-20(26)15-13-9-5-2-3-8-12(9)23-18(13)19-14(16(15)21(25)27)10-6-4-7-11(22)17(10)24-19/h2-8,14-16,19,23-24H,1H3/t14-,15-,16+,19-/m1/s1. The van der Waals surface area contributed by atoms with Crippen molar-refractivity contribution in [2.75, 3.05) is 12.4 Å². The molecule has 3 aliphatic rings. The molecule has 2 aromatic carbocycles. The van der Waals surface area contributed by atoms with Gasteiger partial charge in [0.05, 0.1) is 28.6 Å². The van der Waals surface area contributed by atoms with Crippen molar-refractivity contribution in [2.24, 2.45) is 5.92 Å². The molecule has 0 radical (unpaired) electrons. The van der Waals surface area contributed by atoms with Crippen molar-refractivity contribution < 1.29 is 9.59 Å². The molecule has 1 saturated heterocycles. The number of fused-ring (bicyclic) bond motifs is 10. The van der Waals surface area contributed by atoms with Crippen LogP contribution >= 0.6 is 11.6 Å². The Bertz CT molecular complexity index is 1170. The van der Waals surface area contributed by atoms with Gasteiger partial charge in [-0.05, 0) is 23.3 Å². The molecule has 6 heteroatoms. The number of nitrogens with zero attached hydrogens (tertiary/aromatic N) is 1. The molecule has 0 unspecified atom stereocenters. The number of anilines is 1. The molecule has 4 atom stereocenters. The zero-order valence-corrected chi connectivity index (χ0v) is 15.2. The van der Waals surface area contributed by atoms with E-state index in [0.29, 0.717) is 5.02 Å². The van der Waals surface area contributed by atoms with Crippen molar-refractivity contribution in [1.29, 1.82) is 0 Å². The number of H-pyrrole nitrogens is 1. The quantitative estimate of drug-likeness (QED) is 0.586. The summed E-state index contributed by atoms with van der Waals surface area (Å²) in [5.74, 6) is -1.21. The molecule has 1 fully saturated rings. The lowest BCUT2D eigenvalue weighted by atomic mass is 9.68. The van der Waals surface area contributed by atoms with Gasteiger partial charge >= 0.3 is 0 Å². The van der Waals surface area contributed by atoms with Crippen LogP contribution in [0.1, 0.15) is 34.7 Å². The first-order valence-electron chi connectivity index (χ1n) is 9.05. The number of amides is 2. The summed E-state index contributed by atoms with van der Waals surface area (Å²) < 4.78 is 0. The summed E-state index contributed by atoms with van der Waals surface area (Å²) in [4.78, 5) is 31.0. The van der Waals surface area contributed by atoms with Crippen LogP contribution in [0, 0.1) is 5.92 Å². The van der Waals surface area contributed by atoms with Crippen molar-refractivity contribution >= 4 is 40.0 Å². The third-order valence-electron chi connectivity index (χ3n) is 6.42. The molecule has 1 aliphatic carbocycles. The maximum absolute atomic E-state index is 13.1. The van der Waals surface area contributed by atoms with E-state index < -0.39 is 11.8 Å². The van der Waals surface area contributed by atoms with E-state index in [2.05, 4.69) is 10.3 Å². The number of hydrogen-bond acceptors (Lipinski definition) is 3. The van der Waals surface area contributed by atoms with Gasteiger partial charge in [-0.3, -0.25) is 14.5 Å². The van der Waals surface area contributed by atoms with Gasteiger partial charge in [-0.25, -0.2) is 0 Å². The number of imide groups is 1. The maximum atomic E-state index is 13.1. The van der Waals surface area contributed by atoms with Crippen molar-refractivity contribution in [3.05, 3.63) is 64.3 Å². The van der Waals surface area contributed by atoms with Gasteiger partial charge in [0.2, 0.25) is 11.8 Å². The van der Waals surface area contributed by atoms with E-state index in [9.17, 15) is 9.59 Å². The highest BCUT2D eigenvalue weighted by Gasteiger charge is 2.59. The monoisotopic (exact) mass is 377 g/mol. The normalized spacial score (nSPS) is 28.0. The number of nitrogens with one attached hydrogen (secondary N) is 2. The van der Waals surface area contributed by atoms with Crippen LogP contribution in [-0.2, 0) is 9.59 Å². The molecule has 134 valence electrons. The van der Waals surface area contributed by atoms with E-state index >= 15 is 0 Å². The zero-order valence-electron chi connectivity index (χ0n) is 14.5. The van der Waals surface area contributed by atoms with Crippen LogP contribution in [0.4, 0.5) is 5.69 Å². The second-order valence-electron chi connectivity index (χ2n) is 7.59. The van der Waals surface area contributed by atoms with Crippen LogP contribution in [0.15, 0.2) is 42.5 Å². The van der Waals surface area contributed by atoms with Gasteiger partial charge in [0.1, 0.15) is 0 Å². The smallest absolute Gasteiger partial charge is 0.237 e. The average Bonchev–Trinajstić information content (AvgIpc) is 3.30. The van der Waals surface area contributed by atoms with Crippen molar-refractivity contribution in [3.63, 3.8) is 0 Å². The summed E-state index contributed by atoms with van der Waals surface area (Å²) in [6, 6.07) is 13.6. The fraction of sp³-hybridized carbons (Fsp3) is 0.238. The van der Waals surface area contributed by atoms with E-state index in [0.717, 1.165) is 33.4 Å². The number of rotatable bonds is 0. The number of likely N-dealkylation sites (N-methyl/N-ethyl adjacent to an activating group) is 1. The highest BCUT2D eigenvalue weighted by Crippen LogP contribution is 2.60. The minimum atomic E-state index is -0.457. The van der Waals surface area contributed by atoms with Gasteiger partial charge in [0.25, 0.3) is 0 Å². The molecular weight excluding hydrogens is 362 g/mol. The molecule has 6 rings (SSSR count). The Hall–Kier alpha value is -2.79. The molecule has 1 aromatic heterocycles. The SMILES string of the molecule is CN1C(=O)[C@H]2[C@H]3c4cccc(Cl)c4N[C@H]3c3[nH]c4ccccc4c3[C@H]2C1=O. The van der Waals surface area contributed by atoms with Crippen molar-refractivity contribution in [2.45, 2.75) is 17.9 Å². The fourth-order valence-corrected chi connectivity index (χ4v) is 5.55. The molecule has 3 aromatic rings. The Balaban J connectivity index is 1.69. The minimum absolute atomic E-state index is 0.105. The highest BCUT2D eigenvalue weighted by atomic mass is 35.5. The Morgan fingerprint density at radius 1 is 1.00 bits per heavy atom. The van der Waals surface area contributed by atoms with Gasteiger partial charge in [-0.1, -0.05) is 41.9 Å². The Kier molecular flexibility index (Phi) is 2.79. The van der Waals surface area contributed by atoms with Crippen LogP contribution in [-0.4, -0.2) is 28.7 Å². The molecule has 5 nitrogen and oxygen atoms in total. The number of aromatic amines is 1. The number of benzene rings is 2. The van der Waals surface area contributed by atoms with Gasteiger partial charge in [0.15, 0.2) is 0 Å². The first kappa shape index (κ1) is 15.3. The van der Waals surface area contributed by atoms with E-state index in [-0.39, 0.29) is 23.8 Å². The molecule has 2 aliphatic heterocycles. The van der Waals surface area contributed by atoms with Crippen LogP contribution in [0.25, 0.3) is 10.9 Å². The fourth-order valence-electron chi connectivity index (χ4n) is 5.31. The van der Waals surface area contributed by atoms with Crippen LogP contribution in [0.3, 0.4) is 0 Å². The lowest BCUT2D eigenvalue weighted by molar-refractivity contribution is -0.138. The first-order chi connectivity index (χ1) is 13.1. The molecule has 3 heterocycles. The number of para-hydroxylation sites is 2. The second-order valence-corrected chi connectivity index (χ2v) is 8.00. The number of carbonyl (C=O) groups is 2. The summed E-state index contributed by atoms with van der Waals surface area (Å²) in [6.07, 6.45) is 0. The van der Waals surface area contributed by atoms with Crippen molar-refractivity contribution in [3.8, 4) is 0 Å². The lowest BCUT2D eigenvalue weighted by Gasteiger charge is -2.33. The van der Waals surface area contributed by atoms with Gasteiger partial charge in [0, 0.05) is 29.6 Å². The Morgan fingerprint density at radius 2 is 1.81 bits per heavy atom. The van der Waals surface area contributed by atoms with E-state index in [1.165, 1.54) is 4.90 Å². The number of halogens is 1. The third-order valence-corrected chi connectivity index (χ3v) is 6.74. The first-order valence-corrected chi connectivity index (χ1v) is 9.42. The van der Waals surface area contributed by atoms with Gasteiger partial charge in [-0.15, -0.1) is 0 Å². The summed E-state index contributed by atoms with van der Waals surface area (Å²) in [5.41, 5.74) is 4.82. The molecule has 0 spiro atoms. The van der Waals surface area contributed by atoms with Gasteiger partial charge in [-0.2, -0.15) is 0 Å². The Labute approximate surface area is 160 Å². The topological polar surface area (TPSA) is 65.2 Å². The van der Waals surface area contributed by atoms with Crippen LogP contribution < -0.4 is 5.32 Å².